The highest BCUT2D eigenvalue weighted by Crippen LogP contribution is 2.46. The van der Waals surface area contributed by atoms with Crippen LogP contribution in [0, 0.1) is 5.92 Å². The fourth-order valence-corrected chi connectivity index (χ4v) is 3.18. The number of hydrogen-bond donors (Lipinski definition) is 1. The zero-order chi connectivity index (χ0) is 12.0. The zero-order valence-corrected chi connectivity index (χ0v) is 11.7. The summed E-state index contributed by atoms with van der Waals surface area (Å²) < 4.78 is 7.27. The third kappa shape index (κ3) is 2.36. The molecule has 92 valence electrons. The average Bonchev–Trinajstić information content (AvgIpc) is 2.99. The molecule has 2 unspecified atom stereocenters. The Kier molecular flexibility index (Phi) is 2.71. The minimum atomic E-state index is -0.0750. The summed E-state index contributed by atoms with van der Waals surface area (Å²) in [7, 11) is 0. The Morgan fingerprint density at radius 2 is 2.24 bits per heavy atom. The van der Waals surface area contributed by atoms with E-state index in [1.807, 2.05) is 12.1 Å². The Labute approximate surface area is 111 Å². The van der Waals surface area contributed by atoms with E-state index in [-0.39, 0.29) is 11.6 Å². The second kappa shape index (κ2) is 3.99. The molecule has 1 heterocycles. The highest BCUT2D eigenvalue weighted by molar-refractivity contribution is 9.10. The first kappa shape index (κ1) is 11.5. The molecule has 2 nitrogen and oxygen atoms in total. The molecule has 1 aromatic rings. The van der Waals surface area contributed by atoms with Crippen molar-refractivity contribution in [2.24, 2.45) is 11.7 Å². The van der Waals surface area contributed by atoms with Crippen LogP contribution in [0.4, 0.5) is 0 Å². The Balaban J connectivity index is 1.89. The van der Waals surface area contributed by atoms with Gasteiger partial charge in [-0.2, -0.15) is 0 Å². The molecule has 3 rings (SSSR count). The summed E-state index contributed by atoms with van der Waals surface area (Å²) >= 11 is 3.49. The van der Waals surface area contributed by atoms with Crippen LogP contribution < -0.4 is 10.5 Å². The third-order valence-electron chi connectivity index (χ3n) is 3.80. The van der Waals surface area contributed by atoms with E-state index in [2.05, 4.69) is 28.9 Å². The van der Waals surface area contributed by atoms with E-state index >= 15 is 0 Å². The molecule has 0 aromatic heterocycles. The lowest BCUT2D eigenvalue weighted by Gasteiger charge is -2.39. The van der Waals surface area contributed by atoms with E-state index in [4.69, 9.17) is 10.5 Å². The number of halogens is 1. The van der Waals surface area contributed by atoms with Gasteiger partial charge < -0.3 is 10.5 Å². The van der Waals surface area contributed by atoms with Gasteiger partial charge in [-0.15, -0.1) is 0 Å². The Morgan fingerprint density at radius 1 is 1.47 bits per heavy atom. The number of rotatable bonds is 2. The van der Waals surface area contributed by atoms with E-state index in [1.54, 1.807) is 0 Å². The molecule has 2 atom stereocenters. The molecule has 0 saturated heterocycles. The molecule has 1 aromatic carbocycles. The van der Waals surface area contributed by atoms with Crippen molar-refractivity contribution >= 4 is 15.9 Å². The van der Waals surface area contributed by atoms with Crippen LogP contribution in [-0.4, -0.2) is 5.60 Å². The summed E-state index contributed by atoms with van der Waals surface area (Å²) in [5, 5.41) is 0. The maximum Gasteiger partial charge on any atom is 0.126 e. The smallest absolute Gasteiger partial charge is 0.126 e. The predicted molar refractivity (Wildman–Crippen MR) is 72.1 cm³/mol. The Morgan fingerprint density at radius 3 is 2.94 bits per heavy atom. The Hall–Kier alpha value is -0.540. The van der Waals surface area contributed by atoms with Gasteiger partial charge >= 0.3 is 0 Å². The highest BCUT2D eigenvalue weighted by Gasteiger charge is 2.40. The first-order chi connectivity index (χ1) is 8.06. The van der Waals surface area contributed by atoms with E-state index in [0.29, 0.717) is 0 Å². The SMILES string of the molecule is CC1(CC2CC2)CC(N)c2ccc(Br)cc2O1. The average molecular weight is 296 g/mol. The van der Waals surface area contributed by atoms with Crippen molar-refractivity contribution in [2.75, 3.05) is 0 Å². The molecule has 0 spiro atoms. The van der Waals surface area contributed by atoms with Gasteiger partial charge in [0.05, 0.1) is 0 Å². The van der Waals surface area contributed by atoms with Crippen molar-refractivity contribution in [3.8, 4) is 5.75 Å². The van der Waals surface area contributed by atoms with Crippen LogP contribution in [0.25, 0.3) is 0 Å². The lowest BCUT2D eigenvalue weighted by molar-refractivity contribution is 0.0401. The second-order valence-electron chi connectivity index (χ2n) is 5.69. The lowest BCUT2D eigenvalue weighted by atomic mass is 9.85. The topological polar surface area (TPSA) is 35.2 Å². The quantitative estimate of drug-likeness (QED) is 0.901. The molecule has 0 amide bonds. The van der Waals surface area contributed by atoms with Crippen molar-refractivity contribution < 1.29 is 4.74 Å². The van der Waals surface area contributed by atoms with Gasteiger partial charge in [-0.1, -0.05) is 34.8 Å². The maximum atomic E-state index is 6.27. The van der Waals surface area contributed by atoms with Crippen LogP contribution in [-0.2, 0) is 0 Å². The molecular formula is C14H18BrNO. The van der Waals surface area contributed by atoms with Crippen LogP contribution >= 0.6 is 15.9 Å². The summed E-state index contributed by atoms with van der Waals surface area (Å²) in [6.07, 6.45) is 4.80. The fourth-order valence-electron chi connectivity index (χ4n) is 2.84. The summed E-state index contributed by atoms with van der Waals surface area (Å²) in [5.41, 5.74) is 7.34. The van der Waals surface area contributed by atoms with E-state index < -0.39 is 0 Å². The first-order valence-electron chi connectivity index (χ1n) is 6.30. The molecule has 3 heteroatoms. The summed E-state index contributed by atoms with van der Waals surface area (Å²) in [6.45, 7) is 2.20. The van der Waals surface area contributed by atoms with Crippen LogP contribution in [0.5, 0.6) is 5.75 Å². The number of ether oxygens (including phenoxy) is 1. The number of fused-ring (bicyclic) bond motifs is 1. The van der Waals surface area contributed by atoms with Crippen molar-refractivity contribution in [1.29, 1.82) is 0 Å². The summed E-state index contributed by atoms with van der Waals surface area (Å²) in [4.78, 5) is 0. The van der Waals surface area contributed by atoms with Crippen molar-refractivity contribution in [1.82, 2.24) is 0 Å². The number of benzene rings is 1. The summed E-state index contributed by atoms with van der Waals surface area (Å²) in [5.74, 6) is 1.82. The lowest BCUT2D eigenvalue weighted by Crippen LogP contribution is -2.40. The van der Waals surface area contributed by atoms with E-state index in [1.165, 1.54) is 12.8 Å². The molecule has 1 saturated carbocycles. The van der Waals surface area contributed by atoms with Crippen molar-refractivity contribution in [3.63, 3.8) is 0 Å². The minimum absolute atomic E-state index is 0.0750. The minimum Gasteiger partial charge on any atom is -0.487 e. The van der Waals surface area contributed by atoms with E-state index in [9.17, 15) is 0 Å². The van der Waals surface area contributed by atoms with Crippen LogP contribution in [0.15, 0.2) is 22.7 Å². The number of nitrogens with two attached hydrogens (primary N) is 1. The van der Waals surface area contributed by atoms with Gasteiger partial charge in [0.15, 0.2) is 0 Å². The monoisotopic (exact) mass is 295 g/mol. The predicted octanol–water partition coefficient (Wildman–Crippen LogP) is 3.79. The second-order valence-corrected chi connectivity index (χ2v) is 6.61. The standard InChI is InChI=1S/C14H18BrNO/c1-14(7-9-2-3-9)8-12(16)11-5-4-10(15)6-13(11)17-14/h4-6,9,12H,2-3,7-8,16H2,1H3. The van der Waals surface area contributed by atoms with Gasteiger partial charge in [0.2, 0.25) is 0 Å². The zero-order valence-electron chi connectivity index (χ0n) is 10.1. The molecule has 1 fully saturated rings. The summed E-state index contributed by atoms with van der Waals surface area (Å²) in [6, 6.07) is 6.25. The molecule has 1 aliphatic carbocycles. The van der Waals surface area contributed by atoms with Gasteiger partial charge in [-0.3, -0.25) is 0 Å². The molecule has 0 bridgehead atoms. The van der Waals surface area contributed by atoms with Crippen molar-refractivity contribution in [3.05, 3.63) is 28.2 Å². The van der Waals surface area contributed by atoms with Gasteiger partial charge in [-0.25, -0.2) is 0 Å². The largest absolute Gasteiger partial charge is 0.487 e. The molecule has 2 N–H and O–H groups in total. The molecular weight excluding hydrogens is 278 g/mol. The van der Waals surface area contributed by atoms with Crippen LogP contribution in [0.1, 0.15) is 44.2 Å². The highest BCUT2D eigenvalue weighted by atomic mass is 79.9. The molecule has 0 radical (unpaired) electrons. The molecule has 1 aliphatic heterocycles. The fraction of sp³-hybridized carbons (Fsp3) is 0.571. The normalized spacial score (nSPS) is 31.8. The van der Waals surface area contributed by atoms with E-state index in [0.717, 1.165) is 34.5 Å². The van der Waals surface area contributed by atoms with Gasteiger partial charge in [-0.05, 0) is 31.4 Å². The molecule has 17 heavy (non-hydrogen) atoms. The first-order valence-corrected chi connectivity index (χ1v) is 7.09. The van der Waals surface area contributed by atoms with Gasteiger partial charge in [0.1, 0.15) is 11.4 Å². The van der Waals surface area contributed by atoms with Crippen LogP contribution in [0.2, 0.25) is 0 Å². The maximum absolute atomic E-state index is 6.27. The van der Waals surface area contributed by atoms with Crippen LogP contribution in [0.3, 0.4) is 0 Å². The third-order valence-corrected chi connectivity index (χ3v) is 4.29. The van der Waals surface area contributed by atoms with Gasteiger partial charge in [0, 0.05) is 22.5 Å². The van der Waals surface area contributed by atoms with Gasteiger partial charge in [0.25, 0.3) is 0 Å². The molecule has 2 aliphatic rings. The Bertz CT molecular complexity index is 444. The van der Waals surface area contributed by atoms with Crippen molar-refractivity contribution in [2.45, 2.75) is 44.2 Å². The number of hydrogen-bond acceptors (Lipinski definition) is 2.